The largest absolute Gasteiger partial charge is 0.466 e. The molecule has 0 saturated heterocycles. The highest BCUT2D eigenvalue weighted by molar-refractivity contribution is 5.87. The number of ether oxygens (including phenoxy) is 1. The predicted octanol–water partition coefficient (Wildman–Crippen LogP) is 2.76. The van der Waals surface area contributed by atoms with Gasteiger partial charge in [0.25, 0.3) is 0 Å². The first-order valence-corrected chi connectivity index (χ1v) is 6.10. The maximum absolute atomic E-state index is 11.2. The SMILES string of the molecule is COC(=O)/C(C)=C/CN[C@H](C)c1ccccc1C. The zero-order valence-corrected chi connectivity index (χ0v) is 11.5. The van der Waals surface area contributed by atoms with Crippen molar-refractivity contribution in [2.24, 2.45) is 0 Å². The lowest BCUT2D eigenvalue weighted by Gasteiger charge is -2.15. The van der Waals surface area contributed by atoms with Gasteiger partial charge >= 0.3 is 5.97 Å². The minimum atomic E-state index is -0.277. The highest BCUT2D eigenvalue weighted by Gasteiger charge is 2.07. The summed E-state index contributed by atoms with van der Waals surface area (Å²) in [5.41, 5.74) is 3.18. The Morgan fingerprint density at radius 2 is 2.11 bits per heavy atom. The van der Waals surface area contributed by atoms with E-state index in [9.17, 15) is 4.79 Å². The van der Waals surface area contributed by atoms with Crippen LogP contribution in [0.3, 0.4) is 0 Å². The second-order valence-electron chi connectivity index (χ2n) is 4.37. The molecule has 0 saturated carbocycles. The van der Waals surface area contributed by atoms with Crippen LogP contribution in [0.1, 0.15) is 31.0 Å². The normalized spacial score (nSPS) is 13.2. The van der Waals surface area contributed by atoms with Gasteiger partial charge in [0.15, 0.2) is 0 Å². The number of aryl methyl sites for hydroxylation is 1. The van der Waals surface area contributed by atoms with Crippen LogP contribution in [0, 0.1) is 6.92 Å². The number of hydrogen-bond acceptors (Lipinski definition) is 3. The van der Waals surface area contributed by atoms with Crippen molar-refractivity contribution in [2.75, 3.05) is 13.7 Å². The van der Waals surface area contributed by atoms with E-state index < -0.39 is 0 Å². The number of esters is 1. The lowest BCUT2D eigenvalue weighted by molar-refractivity contribution is -0.136. The van der Waals surface area contributed by atoms with Crippen LogP contribution in [0.4, 0.5) is 0 Å². The molecule has 3 heteroatoms. The summed E-state index contributed by atoms with van der Waals surface area (Å²) >= 11 is 0. The van der Waals surface area contributed by atoms with Gasteiger partial charge in [0.1, 0.15) is 0 Å². The van der Waals surface area contributed by atoms with Gasteiger partial charge in [-0.15, -0.1) is 0 Å². The molecule has 0 radical (unpaired) electrons. The molecule has 0 spiro atoms. The quantitative estimate of drug-likeness (QED) is 0.642. The molecule has 0 heterocycles. The van der Waals surface area contributed by atoms with E-state index in [1.54, 1.807) is 6.92 Å². The molecule has 0 bridgehead atoms. The van der Waals surface area contributed by atoms with E-state index in [1.807, 2.05) is 18.2 Å². The van der Waals surface area contributed by atoms with Gasteiger partial charge in [-0.05, 0) is 31.9 Å². The Labute approximate surface area is 109 Å². The summed E-state index contributed by atoms with van der Waals surface area (Å²) in [6.45, 7) is 6.62. The molecule has 0 aliphatic heterocycles. The molecule has 0 aromatic heterocycles. The third kappa shape index (κ3) is 4.00. The molecule has 3 nitrogen and oxygen atoms in total. The predicted molar refractivity (Wildman–Crippen MR) is 73.4 cm³/mol. The van der Waals surface area contributed by atoms with E-state index in [2.05, 4.69) is 36.0 Å². The molecular formula is C15H21NO2. The Bertz CT molecular complexity index is 438. The van der Waals surface area contributed by atoms with Crippen molar-refractivity contribution in [3.05, 3.63) is 47.0 Å². The second kappa shape index (κ2) is 6.97. The van der Waals surface area contributed by atoms with Crippen LogP contribution in [-0.2, 0) is 9.53 Å². The molecule has 0 amide bonds. The molecule has 1 atom stereocenters. The number of nitrogens with one attached hydrogen (secondary N) is 1. The van der Waals surface area contributed by atoms with Crippen molar-refractivity contribution in [3.63, 3.8) is 0 Å². The summed E-state index contributed by atoms with van der Waals surface area (Å²) in [6, 6.07) is 8.54. The topological polar surface area (TPSA) is 38.3 Å². The fourth-order valence-corrected chi connectivity index (χ4v) is 1.82. The van der Waals surface area contributed by atoms with Gasteiger partial charge in [-0.3, -0.25) is 0 Å². The summed E-state index contributed by atoms with van der Waals surface area (Å²) in [6.07, 6.45) is 1.85. The average Bonchev–Trinajstić information content (AvgIpc) is 2.37. The van der Waals surface area contributed by atoms with Crippen LogP contribution >= 0.6 is 0 Å². The standard InChI is InChI=1S/C15H21NO2/c1-11-7-5-6-8-14(11)13(3)16-10-9-12(2)15(17)18-4/h5-9,13,16H,10H2,1-4H3/b12-9+/t13-/m1/s1. The molecule has 18 heavy (non-hydrogen) atoms. The fraction of sp³-hybridized carbons (Fsp3) is 0.400. The van der Waals surface area contributed by atoms with Crippen molar-refractivity contribution in [3.8, 4) is 0 Å². The highest BCUT2D eigenvalue weighted by atomic mass is 16.5. The molecule has 0 unspecified atom stereocenters. The molecule has 1 rings (SSSR count). The number of carbonyl (C=O) groups excluding carboxylic acids is 1. The Morgan fingerprint density at radius 1 is 1.44 bits per heavy atom. The Morgan fingerprint density at radius 3 is 2.72 bits per heavy atom. The van der Waals surface area contributed by atoms with Gasteiger partial charge in [-0.25, -0.2) is 4.79 Å². The number of methoxy groups -OCH3 is 1. The lowest BCUT2D eigenvalue weighted by Crippen LogP contribution is -2.20. The zero-order chi connectivity index (χ0) is 13.5. The summed E-state index contributed by atoms with van der Waals surface area (Å²) in [7, 11) is 1.39. The van der Waals surface area contributed by atoms with Gasteiger partial charge in [0.05, 0.1) is 7.11 Å². The maximum atomic E-state index is 11.2. The number of benzene rings is 1. The monoisotopic (exact) mass is 247 g/mol. The molecule has 0 aliphatic carbocycles. The minimum Gasteiger partial charge on any atom is -0.466 e. The third-order valence-corrected chi connectivity index (χ3v) is 2.99. The van der Waals surface area contributed by atoms with Crippen molar-refractivity contribution < 1.29 is 9.53 Å². The van der Waals surface area contributed by atoms with Gasteiger partial charge in [-0.2, -0.15) is 0 Å². The van der Waals surface area contributed by atoms with Crippen molar-refractivity contribution in [2.45, 2.75) is 26.8 Å². The number of rotatable bonds is 5. The summed E-state index contributed by atoms with van der Waals surface area (Å²) < 4.78 is 4.64. The highest BCUT2D eigenvalue weighted by Crippen LogP contribution is 2.16. The fourth-order valence-electron chi connectivity index (χ4n) is 1.82. The minimum absolute atomic E-state index is 0.257. The van der Waals surface area contributed by atoms with E-state index in [4.69, 9.17) is 0 Å². The number of hydrogen-bond donors (Lipinski definition) is 1. The molecule has 0 fully saturated rings. The van der Waals surface area contributed by atoms with Crippen molar-refractivity contribution in [1.82, 2.24) is 5.32 Å². The van der Waals surface area contributed by atoms with Crippen LogP contribution in [0.2, 0.25) is 0 Å². The van der Waals surface area contributed by atoms with Crippen molar-refractivity contribution >= 4 is 5.97 Å². The molecular weight excluding hydrogens is 226 g/mol. The van der Waals surface area contributed by atoms with Crippen LogP contribution in [0.5, 0.6) is 0 Å². The molecule has 1 aromatic rings. The first-order chi connectivity index (χ1) is 8.56. The summed E-state index contributed by atoms with van der Waals surface area (Å²) in [5, 5.41) is 3.37. The zero-order valence-electron chi connectivity index (χ0n) is 11.5. The van der Waals surface area contributed by atoms with Crippen molar-refractivity contribution in [1.29, 1.82) is 0 Å². The summed E-state index contributed by atoms with van der Waals surface area (Å²) in [4.78, 5) is 11.2. The molecule has 98 valence electrons. The van der Waals surface area contributed by atoms with Gasteiger partial charge in [0.2, 0.25) is 0 Å². The van der Waals surface area contributed by atoms with Gasteiger partial charge in [-0.1, -0.05) is 30.3 Å². The van der Waals surface area contributed by atoms with Gasteiger partial charge in [0, 0.05) is 18.2 Å². The first kappa shape index (κ1) is 14.5. The lowest BCUT2D eigenvalue weighted by atomic mass is 10.0. The molecule has 1 N–H and O–H groups in total. The maximum Gasteiger partial charge on any atom is 0.333 e. The average molecular weight is 247 g/mol. The van der Waals surface area contributed by atoms with Crippen LogP contribution < -0.4 is 5.32 Å². The van der Waals surface area contributed by atoms with Crippen LogP contribution in [-0.4, -0.2) is 19.6 Å². The Balaban J connectivity index is 2.55. The summed E-state index contributed by atoms with van der Waals surface area (Å²) in [5.74, 6) is -0.277. The second-order valence-corrected chi connectivity index (χ2v) is 4.37. The Kier molecular flexibility index (Phi) is 5.59. The number of carbonyl (C=O) groups is 1. The van der Waals surface area contributed by atoms with E-state index in [1.165, 1.54) is 18.2 Å². The Hall–Kier alpha value is -1.61. The van der Waals surface area contributed by atoms with E-state index in [0.29, 0.717) is 12.1 Å². The van der Waals surface area contributed by atoms with E-state index >= 15 is 0 Å². The van der Waals surface area contributed by atoms with E-state index in [-0.39, 0.29) is 12.0 Å². The van der Waals surface area contributed by atoms with Crippen LogP contribution in [0.15, 0.2) is 35.9 Å². The first-order valence-electron chi connectivity index (χ1n) is 6.10. The molecule has 0 aliphatic rings. The third-order valence-electron chi connectivity index (χ3n) is 2.99. The van der Waals surface area contributed by atoms with Crippen LogP contribution in [0.25, 0.3) is 0 Å². The van der Waals surface area contributed by atoms with Gasteiger partial charge < -0.3 is 10.1 Å². The molecule has 1 aromatic carbocycles. The smallest absolute Gasteiger partial charge is 0.333 e. The van der Waals surface area contributed by atoms with E-state index in [0.717, 1.165) is 0 Å².